The predicted octanol–water partition coefficient (Wildman–Crippen LogP) is -1.70. The van der Waals surface area contributed by atoms with Crippen LogP contribution in [0.2, 0.25) is 0 Å². The molecule has 0 aromatic carbocycles. The summed E-state index contributed by atoms with van der Waals surface area (Å²) in [4.78, 5) is 60.3. The Kier molecular flexibility index (Phi) is 9.53. The molecule has 0 aromatic rings. The first-order valence-electron chi connectivity index (χ1n) is 9.67. The van der Waals surface area contributed by atoms with E-state index in [0.29, 0.717) is 25.8 Å². The van der Waals surface area contributed by atoms with Crippen molar-refractivity contribution in [3.05, 3.63) is 0 Å². The second-order valence-electron chi connectivity index (χ2n) is 7.61. The van der Waals surface area contributed by atoms with E-state index in [1.54, 1.807) is 0 Å². The van der Waals surface area contributed by atoms with Crippen molar-refractivity contribution < 1.29 is 29.1 Å². The first kappa shape index (κ1) is 24.3. The van der Waals surface area contributed by atoms with Crippen LogP contribution in [0.4, 0.5) is 0 Å². The summed E-state index contributed by atoms with van der Waals surface area (Å²) < 4.78 is 0. The van der Waals surface area contributed by atoms with Crippen molar-refractivity contribution in [3.63, 3.8) is 0 Å². The van der Waals surface area contributed by atoms with Gasteiger partial charge in [0, 0.05) is 13.0 Å². The molecule has 29 heavy (non-hydrogen) atoms. The average Bonchev–Trinajstić information content (AvgIpc) is 3.11. The second-order valence-corrected chi connectivity index (χ2v) is 7.61. The van der Waals surface area contributed by atoms with Crippen LogP contribution in [0.5, 0.6) is 0 Å². The maximum absolute atomic E-state index is 12.5. The number of hydrogen-bond acceptors (Lipinski definition) is 6. The molecule has 0 aromatic heterocycles. The molecule has 164 valence electrons. The number of amides is 4. The van der Waals surface area contributed by atoms with Gasteiger partial charge in [0.2, 0.25) is 23.6 Å². The van der Waals surface area contributed by atoms with E-state index in [4.69, 9.17) is 16.6 Å². The van der Waals surface area contributed by atoms with Crippen LogP contribution >= 0.6 is 0 Å². The Morgan fingerprint density at radius 3 is 2.41 bits per heavy atom. The molecular formula is C18H31N5O6. The second kappa shape index (κ2) is 11.3. The van der Waals surface area contributed by atoms with Crippen molar-refractivity contribution in [1.82, 2.24) is 15.5 Å². The zero-order valence-electron chi connectivity index (χ0n) is 16.8. The fraction of sp³-hybridized carbons (Fsp3) is 0.722. The molecule has 1 saturated heterocycles. The molecular weight excluding hydrogens is 382 g/mol. The molecule has 3 atom stereocenters. The Bertz CT molecular complexity index is 638. The number of likely N-dealkylation sites (tertiary alicyclic amines) is 1. The zero-order valence-corrected chi connectivity index (χ0v) is 16.8. The molecule has 1 aliphatic rings. The van der Waals surface area contributed by atoms with E-state index in [-0.39, 0.29) is 24.7 Å². The van der Waals surface area contributed by atoms with Gasteiger partial charge in [-0.25, -0.2) is 4.79 Å². The van der Waals surface area contributed by atoms with Crippen LogP contribution in [0.3, 0.4) is 0 Å². The van der Waals surface area contributed by atoms with Gasteiger partial charge >= 0.3 is 5.97 Å². The zero-order chi connectivity index (χ0) is 22.1. The van der Waals surface area contributed by atoms with Gasteiger partial charge in [-0.1, -0.05) is 13.8 Å². The minimum Gasteiger partial charge on any atom is -0.480 e. The lowest BCUT2D eigenvalue weighted by Crippen LogP contribution is -2.53. The van der Waals surface area contributed by atoms with Gasteiger partial charge in [0.1, 0.15) is 12.1 Å². The summed E-state index contributed by atoms with van der Waals surface area (Å²) in [6, 6.07) is -2.68. The van der Waals surface area contributed by atoms with Crippen molar-refractivity contribution in [2.75, 3.05) is 13.1 Å². The molecule has 1 fully saturated rings. The molecule has 0 spiro atoms. The number of aliphatic carboxylic acids is 1. The van der Waals surface area contributed by atoms with E-state index in [9.17, 15) is 24.0 Å². The van der Waals surface area contributed by atoms with Crippen LogP contribution in [0.1, 0.15) is 46.0 Å². The number of carbonyl (C=O) groups is 5. The maximum Gasteiger partial charge on any atom is 0.326 e. The minimum absolute atomic E-state index is 0.150. The van der Waals surface area contributed by atoms with Crippen LogP contribution in [0.15, 0.2) is 0 Å². The number of nitrogens with one attached hydrogen (secondary N) is 2. The highest BCUT2D eigenvalue weighted by atomic mass is 16.4. The highest BCUT2D eigenvalue weighted by molar-refractivity contribution is 5.93. The number of carboxylic acids is 1. The van der Waals surface area contributed by atoms with Crippen molar-refractivity contribution in [1.29, 1.82) is 0 Å². The van der Waals surface area contributed by atoms with Gasteiger partial charge in [-0.05, 0) is 31.6 Å². The van der Waals surface area contributed by atoms with Crippen LogP contribution in [0.25, 0.3) is 0 Å². The molecule has 3 unspecified atom stereocenters. The summed E-state index contributed by atoms with van der Waals surface area (Å²) in [5.41, 5.74) is 10.9. The molecule has 0 saturated carbocycles. The number of carbonyl (C=O) groups excluding carboxylic acids is 4. The Hall–Kier alpha value is -2.69. The third kappa shape index (κ3) is 8.06. The molecule has 4 amide bonds. The summed E-state index contributed by atoms with van der Waals surface area (Å²) >= 11 is 0. The van der Waals surface area contributed by atoms with Crippen molar-refractivity contribution in [3.8, 4) is 0 Å². The molecule has 0 radical (unpaired) electrons. The van der Waals surface area contributed by atoms with E-state index >= 15 is 0 Å². The third-order valence-corrected chi connectivity index (χ3v) is 4.62. The molecule has 11 nitrogen and oxygen atoms in total. The number of nitrogens with two attached hydrogens (primary N) is 2. The highest BCUT2D eigenvalue weighted by Crippen LogP contribution is 2.19. The standard InChI is InChI=1S/C18H31N5O6/c1-10(2)8-11(19)17(27)23-7-3-4-13(23)16(26)21-9-15(25)22-12(18(28)29)5-6-14(20)24/h10-13H,3-9,19H2,1-2H3,(H2,20,24)(H,21,26)(H,22,25)(H,28,29). The minimum atomic E-state index is -1.31. The lowest BCUT2D eigenvalue weighted by Gasteiger charge is -2.27. The summed E-state index contributed by atoms with van der Waals surface area (Å²) in [5.74, 6) is -3.25. The first-order valence-corrected chi connectivity index (χ1v) is 9.67. The SMILES string of the molecule is CC(C)CC(N)C(=O)N1CCCC1C(=O)NCC(=O)NC(CCC(N)=O)C(=O)O. The fourth-order valence-electron chi connectivity index (χ4n) is 3.20. The quantitative estimate of drug-likeness (QED) is 0.267. The Balaban J connectivity index is 2.57. The summed E-state index contributed by atoms with van der Waals surface area (Å²) in [7, 11) is 0. The third-order valence-electron chi connectivity index (χ3n) is 4.62. The van der Waals surface area contributed by atoms with Gasteiger partial charge in [-0.2, -0.15) is 0 Å². The van der Waals surface area contributed by atoms with Gasteiger partial charge < -0.3 is 32.1 Å². The van der Waals surface area contributed by atoms with Crippen LogP contribution in [0, 0.1) is 5.92 Å². The van der Waals surface area contributed by atoms with Crippen LogP contribution in [-0.2, 0) is 24.0 Å². The normalized spacial score (nSPS) is 18.2. The van der Waals surface area contributed by atoms with E-state index < -0.39 is 48.4 Å². The molecule has 0 bridgehead atoms. The van der Waals surface area contributed by atoms with Gasteiger partial charge in [0.15, 0.2) is 0 Å². The lowest BCUT2D eigenvalue weighted by atomic mass is 10.0. The monoisotopic (exact) mass is 413 g/mol. The van der Waals surface area contributed by atoms with E-state index in [1.807, 2.05) is 13.8 Å². The molecule has 0 aliphatic carbocycles. The predicted molar refractivity (Wildman–Crippen MR) is 103 cm³/mol. The average molecular weight is 413 g/mol. The maximum atomic E-state index is 12.5. The van der Waals surface area contributed by atoms with Crippen molar-refractivity contribution >= 4 is 29.6 Å². The van der Waals surface area contributed by atoms with Crippen LogP contribution in [-0.4, -0.2) is 70.8 Å². The highest BCUT2D eigenvalue weighted by Gasteiger charge is 2.36. The molecule has 1 heterocycles. The smallest absolute Gasteiger partial charge is 0.326 e. The Morgan fingerprint density at radius 2 is 1.86 bits per heavy atom. The number of hydrogen-bond donors (Lipinski definition) is 5. The fourth-order valence-corrected chi connectivity index (χ4v) is 3.20. The molecule has 1 aliphatic heterocycles. The van der Waals surface area contributed by atoms with Gasteiger partial charge in [0.05, 0.1) is 12.6 Å². The van der Waals surface area contributed by atoms with Gasteiger partial charge in [0.25, 0.3) is 0 Å². The molecule has 1 rings (SSSR count). The van der Waals surface area contributed by atoms with E-state index in [0.717, 1.165) is 0 Å². The number of nitrogens with zero attached hydrogens (tertiary/aromatic N) is 1. The van der Waals surface area contributed by atoms with E-state index in [2.05, 4.69) is 10.6 Å². The van der Waals surface area contributed by atoms with Gasteiger partial charge in [-0.3, -0.25) is 19.2 Å². The van der Waals surface area contributed by atoms with Crippen molar-refractivity contribution in [2.45, 2.75) is 64.1 Å². The number of rotatable bonds is 11. The Labute approximate surface area is 169 Å². The lowest BCUT2D eigenvalue weighted by molar-refractivity contribution is -0.142. The number of carboxylic acid groups (broad SMARTS) is 1. The number of primary amides is 1. The molecule has 11 heteroatoms. The molecule has 7 N–H and O–H groups in total. The summed E-state index contributed by atoms with van der Waals surface area (Å²) in [6.45, 7) is 3.88. The first-order chi connectivity index (χ1) is 13.5. The van der Waals surface area contributed by atoms with Crippen LogP contribution < -0.4 is 22.1 Å². The summed E-state index contributed by atoms with van der Waals surface area (Å²) in [5, 5.41) is 13.7. The summed E-state index contributed by atoms with van der Waals surface area (Å²) in [6.07, 6.45) is 1.28. The Morgan fingerprint density at radius 1 is 1.21 bits per heavy atom. The van der Waals surface area contributed by atoms with Gasteiger partial charge in [-0.15, -0.1) is 0 Å². The topological polar surface area (TPSA) is 185 Å². The largest absolute Gasteiger partial charge is 0.480 e. The van der Waals surface area contributed by atoms with E-state index in [1.165, 1.54) is 4.90 Å². The van der Waals surface area contributed by atoms with Crippen molar-refractivity contribution in [2.24, 2.45) is 17.4 Å².